The smallest absolute Gasteiger partial charge is 0.363 e. The zero-order valence-electron chi connectivity index (χ0n) is 7.53. The average molecular weight is 193 g/mol. The number of halogens is 1. The molecule has 4 heteroatoms. The van der Waals surface area contributed by atoms with Gasteiger partial charge in [0.25, 0.3) is 0 Å². The summed E-state index contributed by atoms with van der Waals surface area (Å²) < 4.78 is 18.0. The van der Waals surface area contributed by atoms with Crippen LogP contribution in [0.15, 0.2) is 30.3 Å². The lowest BCUT2D eigenvalue weighted by molar-refractivity contribution is -0.151. The van der Waals surface area contributed by atoms with Crippen LogP contribution in [0.25, 0.3) is 0 Å². The standard InChI is InChI=1S/C10H8FNO2/c1-14-9(13)10(11,7-12)8-5-3-2-4-6-8/h2-6H,1H3/t10-/m0/s1. The summed E-state index contributed by atoms with van der Waals surface area (Å²) in [6.07, 6.45) is 0. The Hall–Kier alpha value is -1.89. The first kappa shape index (κ1) is 10.2. The van der Waals surface area contributed by atoms with E-state index in [0.29, 0.717) is 0 Å². The second-order valence-corrected chi connectivity index (χ2v) is 2.63. The first-order valence-corrected chi connectivity index (χ1v) is 3.89. The highest BCUT2D eigenvalue weighted by Crippen LogP contribution is 2.26. The molecule has 0 N–H and O–H groups in total. The van der Waals surface area contributed by atoms with Crippen LogP contribution in [0.2, 0.25) is 0 Å². The Labute approximate surface area is 80.7 Å². The van der Waals surface area contributed by atoms with Crippen LogP contribution in [0.1, 0.15) is 5.56 Å². The normalized spacial score (nSPS) is 13.8. The Bertz CT molecular complexity index is 371. The quantitative estimate of drug-likeness (QED) is 0.669. The minimum atomic E-state index is -2.71. The summed E-state index contributed by atoms with van der Waals surface area (Å²) in [7, 11) is 1.04. The summed E-state index contributed by atoms with van der Waals surface area (Å²) in [6.45, 7) is 0. The number of rotatable bonds is 2. The van der Waals surface area contributed by atoms with Gasteiger partial charge >= 0.3 is 11.6 Å². The molecule has 1 rings (SSSR count). The lowest BCUT2D eigenvalue weighted by Gasteiger charge is -2.14. The van der Waals surface area contributed by atoms with Crippen molar-refractivity contribution < 1.29 is 13.9 Å². The Morgan fingerprint density at radius 3 is 2.50 bits per heavy atom. The largest absolute Gasteiger partial charge is 0.466 e. The van der Waals surface area contributed by atoms with Gasteiger partial charge in [-0.1, -0.05) is 30.3 Å². The second kappa shape index (κ2) is 3.88. The van der Waals surface area contributed by atoms with E-state index in [0.717, 1.165) is 7.11 Å². The zero-order valence-corrected chi connectivity index (χ0v) is 7.53. The molecular weight excluding hydrogens is 185 g/mol. The first-order chi connectivity index (χ1) is 6.65. The fraction of sp³-hybridized carbons (Fsp3) is 0.200. The molecule has 0 unspecified atom stereocenters. The van der Waals surface area contributed by atoms with Crippen LogP contribution in [0.4, 0.5) is 4.39 Å². The topological polar surface area (TPSA) is 50.1 Å². The molecule has 1 atom stereocenters. The first-order valence-electron chi connectivity index (χ1n) is 3.89. The van der Waals surface area contributed by atoms with Crippen molar-refractivity contribution in [3.8, 4) is 6.07 Å². The molecule has 0 bridgehead atoms. The predicted molar refractivity (Wildman–Crippen MR) is 46.9 cm³/mol. The van der Waals surface area contributed by atoms with Gasteiger partial charge in [-0.05, 0) is 0 Å². The number of benzene rings is 1. The van der Waals surface area contributed by atoms with Gasteiger partial charge in [0, 0.05) is 5.56 Å². The molecule has 1 aromatic rings. The molecule has 0 saturated heterocycles. The molecule has 0 aliphatic carbocycles. The number of nitrogens with zero attached hydrogens (tertiary/aromatic N) is 1. The van der Waals surface area contributed by atoms with Crippen molar-refractivity contribution in [3.05, 3.63) is 35.9 Å². The van der Waals surface area contributed by atoms with E-state index in [1.165, 1.54) is 18.2 Å². The Kier molecular flexibility index (Phi) is 2.82. The van der Waals surface area contributed by atoms with Crippen molar-refractivity contribution in [1.29, 1.82) is 5.26 Å². The summed E-state index contributed by atoms with van der Waals surface area (Å²) >= 11 is 0. The van der Waals surface area contributed by atoms with Gasteiger partial charge in [0.15, 0.2) is 0 Å². The van der Waals surface area contributed by atoms with Crippen molar-refractivity contribution in [2.24, 2.45) is 0 Å². The Morgan fingerprint density at radius 2 is 2.07 bits per heavy atom. The van der Waals surface area contributed by atoms with E-state index in [-0.39, 0.29) is 5.56 Å². The summed E-state index contributed by atoms with van der Waals surface area (Å²) in [5.41, 5.74) is -2.73. The van der Waals surface area contributed by atoms with Gasteiger partial charge in [0.05, 0.1) is 7.11 Å². The van der Waals surface area contributed by atoms with Crippen LogP contribution in [-0.4, -0.2) is 13.1 Å². The van der Waals surface area contributed by atoms with Gasteiger partial charge in [0.2, 0.25) is 0 Å². The van der Waals surface area contributed by atoms with Crippen molar-refractivity contribution in [2.45, 2.75) is 5.67 Å². The average Bonchev–Trinajstić information content (AvgIpc) is 2.28. The fourth-order valence-electron chi connectivity index (χ4n) is 1.04. The van der Waals surface area contributed by atoms with Crippen LogP contribution >= 0.6 is 0 Å². The number of carbonyl (C=O) groups excluding carboxylic acids is 1. The van der Waals surface area contributed by atoms with Crippen molar-refractivity contribution in [2.75, 3.05) is 7.11 Å². The lowest BCUT2D eigenvalue weighted by atomic mass is 9.98. The van der Waals surface area contributed by atoms with E-state index in [2.05, 4.69) is 4.74 Å². The van der Waals surface area contributed by atoms with E-state index in [1.807, 2.05) is 0 Å². The van der Waals surface area contributed by atoms with Gasteiger partial charge in [-0.3, -0.25) is 0 Å². The molecule has 0 spiro atoms. The zero-order chi connectivity index (χ0) is 10.6. The molecule has 0 aliphatic rings. The third kappa shape index (κ3) is 1.57. The molecule has 72 valence electrons. The molecule has 0 amide bonds. The van der Waals surface area contributed by atoms with Crippen LogP contribution in [0.5, 0.6) is 0 Å². The van der Waals surface area contributed by atoms with E-state index >= 15 is 0 Å². The van der Waals surface area contributed by atoms with Crippen molar-refractivity contribution in [3.63, 3.8) is 0 Å². The maximum absolute atomic E-state index is 13.8. The minimum absolute atomic E-state index is 0.0191. The molecule has 14 heavy (non-hydrogen) atoms. The van der Waals surface area contributed by atoms with E-state index < -0.39 is 11.6 Å². The molecule has 0 saturated carbocycles. The molecule has 3 nitrogen and oxygen atoms in total. The number of ether oxygens (including phenoxy) is 1. The molecule has 1 aromatic carbocycles. The predicted octanol–water partition coefficient (Wildman–Crippen LogP) is 1.55. The summed E-state index contributed by atoms with van der Waals surface area (Å²) in [4.78, 5) is 11.0. The van der Waals surface area contributed by atoms with Crippen LogP contribution < -0.4 is 0 Å². The third-order valence-corrected chi connectivity index (χ3v) is 1.79. The maximum Gasteiger partial charge on any atom is 0.363 e. The maximum atomic E-state index is 13.8. The number of hydrogen-bond acceptors (Lipinski definition) is 3. The highest BCUT2D eigenvalue weighted by Gasteiger charge is 2.42. The van der Waals surface area contributed by atoms with E-state index in [1.54, 1.807) is 18.2 Å². The number of alkyl halides is 1. The third-order valence-electron chi connectivity index (χ3n) is 1.79. The minimum Gasteiger partial charge on any atom is -0.466 e. The highest BCUT2D eigenvalue weighted by atomic mass is 19.1. The number of methoxy groups -OCH3 is 1. The number of hydrogen-bond donors (Lipinski definition) is 0. The molecule has 0 radical (unpaired) electrons. The highest BCUT2D eigenvalue weighted by molar-refractivity contribution is 5.84. The van der Waals surface area contributed by atoms with Gasteiger partial charge in [-0.2, -0.15) is 5.26 Å². The lowest BCUT2D eigenvalue weighted by Crippen LogP contribution is -2.30. The monoisotopic (exact) mass is 193 g/mol. The van der Waals surface area contributed by atoms with Gasteiger partial charge in [-0.15, -0.1) is 0 Å². The number of esters is 1. The van der Waals surface area contributed by atoms with Gasteiger partial charge < -0.3 is 4.74 Å². The SMILES string of the molecule is COC(=O)[C@](F)(C#N)c1ccccc1. The van der Waals surface area contributed by atoms with E-state index in [4.69, 9.17) is 5.26 Å². The fourth-order valence-corrected chi connectivity index (χ4v) is 1.04. The van der Waals surface area contributed by atoms with Gasteiger partial charge in [0.1, 0.15) is 6.07 Å². The molecular formula is C10H8FNO2. The number of nitriles is 1. The number of carbonyl (C=O) groups is 1. The van der Waals surface area contributed by atoms with Crippen molar-refractivity contribution >= 4 is 5.97 Å². The van der Waals surface area contributed by atoms with Crippen LogP contribution in [-0.2, 0) is 15.2 Å². The molecule has 0 heterocycles. The Morgan fingerprint density at radius 1 is 1.50 bits per heavy atom. The van der Waals surface area contributed by atoms with Crippen LogP contribution in [0.3, 0.4) is 0 Å². The van der Waals surface area contributed by atoms with Gasteiger partial charge in [-0.25, -0.2) is 9.18 Å². The van der Waals surface area contributed by atoms with Crippen LogP contribution in [0, 0.1) is 11.3 Å². The van der Waals surface area contributed by atoms with Crippen molar-refractivity contribution in [1.82, 2.24) is 0 Å². The Balaban J connectivity index is 3.17. The summed E-state index contributed by atoms with van der Waals surface area (Å²) in [5.74, 6) is -1.20. The summed E-state index contributed by atoms with van der Waals surface area (Å²) in [5, 5.41) is 8.61. The molecule has 0 aliphatic heterocycles. The van der Waals surface area contributed by atoms with E-state index in [9.17, 15) is 9.18 Å². The molecule has 0 aromatic heterocycles. The molecule has 0 fully saturated rings. The second-order valence-electron chi connectivity index (χ2n) is 2.63. The summed E-state index contributed by atoms with van der Waals surface area (Å²) in [6, 6.07) is 8.78.